The van der Waals surface area contributed by atoms with Crippen molar-refractivity contribution in [1.82, 2.24) is 0 Å². The van der Waals surface area contributed by atoms with Crippen molar-refractivity contribution in [3.8, 4) is 0 Å². The van der Waals surface area contributed by atoms with Gasteiger partial charge in [-0.15, -0.1) is 0 Å². The molecule has 0 radical (unpaired) electrons. The van der Waals surface area contributed by atoms with E-state index < -0.39 is 0 Å². The second kappa shape index (κ2) is 5.34. The molecule has 1 heterocycles. The lowest BCUT2D eigenvalue weighted by atomic mass is 10.1. The first-order chi connectivity index (χ1) is 10.1. The van der Waals surface area contributed by atoms with Gasteiger partial charge in [-0.2, -0.15) is 0 Å². The van der Waals surface area contributed by atoms with Crippen LogP contribution in [0.25, 0.3) is 0 Å². The molecule has 3 nitrogen and oxygen atoms in total. The second-order valence-corrected chi connectivity index (χ2v) is 5.67. The largest absolute Gasteiger partial charge is 0.326 e. The zero-order valence-corrected chi connectivity index (χ0v) is 12.5. The molecule has 0 unspecified atom stereocenters. The molecule has 3 rings (SSSR count). The first-order valence-corrected chi connectivity index (χ1v) is 7.31. The van der Waals surface area contributed by atoms with Crippen LogP contribution in [0.3, 0.4) is 0 Å². The van der Waals surface area contributed by atoms with Crippen molar-refractivity contribution in [2.24, 2.45) is 5.73 Å². The molecule has 1 amide bonds. The molecule has 0 aromatic heterocycles. The van der Waals surface area contributed by atoms with Crippen molar-refractivity contribution in [2.45, 2.75) is 26.8 Å². The third-order valence-corrected chi connectivity index (χ3v) is 4.28. The highest BCUT2D eigenvalue weighted by Gasteiger charge is 2.25. The van der Waals surface area contributed by atoms with Crippen LogP contribution in [0, 0.1) is 13.8 Å². The van der Waals surface area contributed by atoms with E-state index in [0.717, 1.165) is 35.3 Å². The van der Waals surface area contributed by atoms with Crippen LogP contribution in [-0.2, 0) is 13.0 Å². The SMILES string of the molecule is Cc1ccc(C(=O)N2CCc3ccc(CN)cc32)cc1C. The van der Waals surface area contributed by atoms with Crippen molar-refractivity contribution >= 4 is 11.6 Å². The first-order valence-electron chi connectivity index (χ1n) is 7.31. The molecule has 2 aromatic rings. The van der Waals surface area contributed by atoms with Crippen LogP contribution in [0.4, 0.5) is 5.69 Å². The third-order valence-electron chi connectivity index (χ3n) is 4.28. The van der Waals surface area contributed by atoms with Gasteiger partial charge in [0.1, 0.15) is 0 Å². The van der Waals surface area contributed by atoms with Crippen LogP contribution in [0.1, 0.15) is 32.6 Å². The normalized spacial score (nSPS) is 13.4. The highest BCUT2D eigenvalue weighted by Crippen LogP contribution is 2.30. The highest BCUT2D eigenvalue weighted by atomic mass is 16.2. The second-order valence-electron chi connectivity index (χ2n) is 5.67. The Balaban J connectivity index is 1.96. The monoisotopic (exact) mass is 280 g/mol. The Morgan fingerprint density at radius 3 is 2.67 bits per heavy atom. The summed E-state index contributed by atoms with van der Waals surface area (Å²) in [7, 11) is 0. The zero-order valence-electron chi connectivity index (χ0n) is 12.5. The maximum atomic E-state index is 12.8. The molecule has 21 heavy (non-hydrogen) atoms. The summed E-state index contributed by atoms with van der Waals surface area (Å²) in [5.41, 5.74) is 12.1. The van der Waals surface area contributed by atoms with E-state index in [-0.39, 0.29) is 5.91 Å². The Kier molecular flexibility index (Phi) is 3.52. The van der Waals surface area contributed by atoms with Gasteiger partial charge in [0.2, 0.25) is 0 Å². The number of benzene rings is 2. The highest BCUT2D eigenvalue weighted by molar-refractivity contribution is 6.07. The number of carbonyl (C=O) groups excluding carboxylic acids is 1. The Morgan fingerprint density at radius 1 is 1.14 bits per heavy atom. The Morgan fingerprint density at radius 2 is 1.95 bits per heavy atom. The number of nitrogens with two attached hydrogens (primary N) is 1. The minimum absolute atomic E-state index is 0.0750. The Hall–Kier alpha value is -2.13. The van der Waals surface area contributed by atoms with Crippen molar-refractivity contribution in [2.75, 3.05) is 11.4 Å². The number of aryl methyl sites for hydroxylation is 2. The maximum absolute atomic E-state index is 12.8. The number of hydrogen-bond acceptors (Lipinski definition) is 2. The average Bonchev–Trinajstić information content (AvgIpc) is 2.92. The first kappa shape index (κ1) is 13.8. The van der Waals surface area contributed by atoms with Gasteiger partial charge in [0, 0.05) is 24.3 Å². The maximum Gasteiger partial charge on any atom is 0.258 e. The van der Waals surface area contributed by atoms with Gasteiger partial charge in [-0.05, 0) is 60.7 Å². The van der Waals surface area contributed by atoms with E-state index >= 15 is 0 Å². The number of rotatable bonds is 2. The number of amides is 1. The zero-order chi connectivity index (χ0) is 15.0. The summed E-state index contributed by atoms with van der Waals surface area (Å²) in [6, 6.07) is 12.1. The summed E-state index contributed by atoms with van der Waals surface area (Å²) in [5, 5.41) is 0. The molecule has 2 aromatic carbocycles. The average molecular weight is 280 g/mol. The summed E-state index contributed by atoms with van der Waals surface area (Å²) in [6.07, 6.45) is 0.913. The minimum atomic E-state index is 0.0750. The predicted molar refractivity (Wildman–Crippen MR) is 85.6 cm³/mol. The molecule has 1 aliphatic heterocycles. The van der Waals surface area contributed by atoms with Gasteiger partial charge < -0.3 is 10.6 Å². The summed E-state index contributed by atoms with van der Waals surface area (Å²) in [6.45, 7) is 5.34. The molecule has 0 atom stereocenters. The summed E-state index contributed by atoms with van der Waals surface area (Å²) >= 11 is 0. The van der Waals surface area contributed by atoms with Gasteiger partial charge in [-0.3, -0.25) is 4.79 Å². The molecule has 2 N–H and O–H groups in total. The Labute approximate surface area is 125 Å². The number of nitrogens with zero attached hydrogens (tertiary/aromatic N) is 1. The molecule has 0 aliphatic carbocycles. The molecule has 0 saturated heterocycles. The predicted octanol–water partition coefficient (Wildman–Crippen LogP) is 2.97. The summed E-state index contributed by atoms with van der Waals surface area (Å²) in [4.78, 5) is 14.6. The van der Waals surface area contributed by atoms with Gasteiger partial charge in [-0.25, -0.2) is 0 Å². The minimum Gasteiger partial charge on any atom is -0.326 e. The van der Waals surface area contributed by atoms with E-state index in [1.54, 1.807) is 0 Å². The van der Waals surface area contributed by atoms with Crippen LogP contribution in [0.2, 0.25) is 0 Å². The lowest BCUT2D eigenvalue weighted by Gasteiger charge is -2.18. The van der Waals surface area contributed by atoms with Crippen molar-refractivity contribution < 1.29 is 4.79 Å². The van der Waals surface area contributed by atoms with E-state index in [1.807, 2.05) is 42.2 Å². The van der Waals surface area contributed by atoms with Crippen molar-refractivity contribution in [1.29, 1.82) is 0 Å². The van der Waals surface area contributed by atoms with Crippen LogP contribution in [0.5, 0.6) is 0 Å². The van der Waals surface area contributed by atoms with Crippen molar-refractivity contribution in [3.05, 3.63) is 64.2 Å². The topological polar surface area (TPSA) is 46.3 Å². The molecule has 0 bridgehead atoms. The van der Waals surface area contributed by atoms with E-state index in [2.05, 4.69) is 13.0 Å². The summed E-state index contributed by atoms with van der Waals surface area (Å²) in [5.74, 6) is 0.0750. The fourth-order valence-corrected chi connectivity index (χ4v) is 2.79. The molecule has 0 saturated carbocycles. The number of fused-ring (bicyclic) bond motifs is 1. The Bertz CT molecular complexity index is 706. The standard InChI is InChI=1S/C18H20N2O/c1-12-3-5-16(9-13(12)2)18(21)20-8-7-15-6-4-14(11-19)10-17(15)20/h3-6,9-10H,7-8,11,19H2,1-2H3. The number of anilines is 1. The summed E-state index contributed by atoms with van der Waals surface area (Å²) < 4.78 is 0. The number of hydrogen-bond donors (Lipinski definition) is 1. The van der Waals surface area contributed by atoms with Gasteiger partial charge >= 0.3 is 0 Å². The molecular formula is C18H20N2O. The van der Waals surface area contributed by atoms with E-state index in [9.17, 15) is 4.79 Å². The third kappa shape index (κ3) is 2.45. The fraction of sp³-hybridized carbons (Fsp3) is 0.278. The van der Waals surface area contributed by atoms with Gasteiger partial charge in [-0.1, -0.05) is 18.2 Å². The van der Waals surface area contributed by atoms with E-state index in [4.69, 9.17) is 5.73 Å². The molecule has 0 fully saturated rings. The number of carbonyl (C=O) groups is 1. The fourth-order valence-electron chi connectivity index (χ4n) is 2.79. The van der Waals surface area contributed by atoms with Gasteiger partial charge in [0.25, 0.3) is 5.91 Å². The molecule has 0 spiro atoms. The van der Waals surface area contributed by atoms with Crippen molar-refractivity contribution in [3.63, 3.8) is 0 Å². The van der Waals surface area contributed by atoms with Gasteiger partial charge in [0.05, 0.1) is 0 Å². The smallest absolute Gasteiger partial charge is 0.258 e. The lowest BCUT2D eigenvalue weighted by Crippen LogP contribution is -2.29. The van der Waals surface area contributed by atoms with E-state index in [1.165, 1.54) is 11.1 Å². The van der Waals surface area contributed by atoms with Crippen LogP contribution >= 0.6 is 0 Å². The lowest BCUT2D eigenvalue weighted by molar-refractivity contribution is 0.0989. The van der Waals surface area contributed by atoms with Gasteiger partial charge in [0.15, 0.2) is 0 Å². The molecule has 108 valence electrons. The van der Waals surface area contributed by atoms with Crippen LogP contribution < -0.4 is 10.6 Å². The van der Waals surface area contributed by atoms with Crippen LogP contribution in [-0.4, -0.2) is 12.5 Å². The quantitative estimate of drug-likeness (QED) is 0.919. The molecule has 1 aliphatic rings. The van der Waals surface area contributed by atoms with Crippen LogP contribution in [0.15, 0.2) is 36.4 Å². The molecule has 3 heteroatoms. The van der Waals surface area contributed by atoms with E-state index in [0.29, 0.717) is 6.54 Å². The molecular weight excluding hydrogens is 260 g/mol.